The highest BCUT2D eigenvalue weighted by Gasteiger charge is 2.16. The molecule has 0 atom stereocenters. The normalized spacial score (nSPS) is 10.9. The second-order valence-corrected chi connectivity index (χ2v) is 7.53. The molecule has 0 spiro atoms. The van der Waals surface area contributed by atoms with Crippen LogP contribution in [-0.4, -0.2) is 20.0 Å². The van der Waals surface area contributed by atoms with Crippen molar-refractivity contribution in [3.05, 3.63) is 104 Å². The zero-order valence-electron chi connectivity index (χ0n) is 17.3. The lowest BCUT2D eigenvalue weighted by molar-refractivity contribution is -0.116. The van der Waals surface area contributed by atoms with Gasteiger partial charge in [0, 0.05) is 11.9 Å². The third kappa shape index (κ3) is 4.30. The fourth-order valence-corrected chi connectivity index (χ4v) is 3.39. The minimum Gasteiger partial charge on any atom is -0.325 e. The number of benzene rings is 2. The molecule has 1 N–H and O–H groups in total. The standard InChI is InChI=1S/C24H22N4O3/c1-16-5-9-18(10-6-16)14-28-23(30)22-20(4-3-13-25-22)27(24(28)31)15-21(29)26-19-11-7-17(2)8-12-19/h3-13H,14-15H2,1-2H3,(H,26,29). The molecule has 0 bridgehead atoms. The predicted molar refractivity (Wildman–Crippen MR) is 120 cm³/mol. The Morgan fingerprint density at radius 2 is 1.55 bits per heavy atom. The first-order valence-electron chi connectivity index (χ1n) is 9.93. The highest BCUT2D eigenvalue weighted by molar-refractivity contribution is 5.91. The summed E-state index contributed by atoms with van der Waals surface area (Å²) in [6, 6.07) is 18.2. The number of carbonyl (C=O) groups excluding carboxylic acids is 1. The second kappa shape index (κ2) is 8.39. The van der Waals surface area contributed by atoms with E-state index < -0.39 is 11.2 Å². The maximum absolute atomic E-state index is 13.2. The zero-order valence-corrected chi connectivity index (χ0v) is 17.3. The zero-order chi connectivity index (χ0) is 22.0. The van der Waals surface area contributed by atoms with Crippen molar-refractivity contribution in [3.63, 3.8) is 0 Å². The van der Waals surface area contributed by atoms with Crippen molar-refractivity contribution in [2.75, 3.05) is 5.32 Å². The van der Waals surface area contributed by atoms with Crippen LogP contribution in [0.4, 0.5) is 5.69 Å². The Kier molecular flexibility index (Phi) is 5.49. The van der Waals surface area contributed by atoms with E-state index >= 15 is 0 Å². The van der Waals surface area contributed by atoms with E-state index in [9.17, 15) is 14.4 Å². The average Bonchev–Trinajstić information content (AvgIpc) is 2.77. The van der Waals surface area contributed by atoms with Crippen molar-refractivity contribution in [1.82, 2.24) is 14.1 Å². The second-order valence-electron chi connectivity index (χ2n) is 7.53. The topological polar surface area (TPSA) is 86.0 Å². The third-order valence-electron chi connectivity index (χ3n) is 5.09. The molecule has 0 radical (unpaired) electrons. The lowest BCUT2D eigenvalue weighted by Gasteiger charge is -2.14. The number of nitrogens with one attached hydrogen (secondary N) is 1. The van der Waals surface area contributed by atoms with Crippen LogP contribution < -0.4 is 16.6 Å². The monoisotopic (exact) mass is 414 g/mol. The van der Waals surface area contributed by atoms with Crippen molar-refractivity contribution < 1.29 is 4.79 Å². The smallest absolute Gasteiger partial charge is 0.325 e. The van der Waals surface area contributed by atoms with Crippen LogP contribution in [0.2, 0.25) is 0 Å². The molecule has 0 aliphatic carbocycles. The maximum Gasteiger partial charge on any atom is 0.332 e. The summed E-state index contributed by atoms with van der Waals surface area (Å²) in [7, 11) is 0. The number of carbonyl (C=O) groups is 1. The summed E-state index contributed by atoms with van der Waals surface area (Å²) >= 11 is 0. The van der Waals surface area contributed by atoms with Crippen LogP contribution in [0.15, 0.2) is 76.4 Å². The molecule has 4 aromatic rings. The Labute approximate surface area is 178 Å². The number of pyridine rings is 1. The first-order valence-corrected chi connectivity index (χ1v) is 9.93. The minimum atomic E-state index is -0.551. The van der Waals surface area contributed by atoms with Crippen molar-refractivity contribution in [3.8, 4) is 0 Å². The molecule has 0 saturated heterocycles. The Bertz CT molecular complexity index is 1370. The maximum atomic E-state index is 13.2. The molecule has 7 nitrogen and oxygen atoms in total. The fourth-order valence-electron chi connectivity index (χ4n) is 3.39. The highest BCUT2D eigenvalue weighted by atomic mass is 16.2. The number of amides is 1. The summed E-state index contributed by atoms with van der Waals surface area (Å²) in [6.07, 6.45) is 1.50. The van der Waals surface area contributed by atoms with Gasteiger partial charge in [-0.2, -0.15) is 0 Å². The van der Waals surface area contributed by atoms with Crippen LogP contribution >= 0.6 is 0 Å². The third-order valence-corrected chi connectivity index (χ3v) is 5.09. The van der Waals surface area contributed by atoms with Crippen LogP contribution in [0.1, 0.15) is 16.7 Å². The largest absolute Gasteiger partial charge is 0.332 e. The average molecular weight is 414 g/mol. The van der Waals surface area contributed by atoms with Crippen LogP contribution in [-0.2, 0) is 17.9 Å². The lowest BCUT2D eigenvalue weighted by atomic mass is 10.1. The number of rotatable bonds is 5. The number of anilines is 1. The van der Waals surface area contributed by atoms with Gasteiger partial charge in [0.2, 0.25) is 5.91 Å². The number of hydrogen-bond acceptors (Lipinski definition) is 4. The quantitative estimate of drug-likeness (QED) is 0.544. The molecule has 0 fully saturated rings. The van der Waals surface area contributed by atoms with Gasteiger partial charge in [0.15, 0.2) is 5.52 Å². The van der Waals surface area contributed by atoms with Crippen LogP contribution in [0.3, 0.4) is 0 Å². The Balaban J connectivity index is 1.74. The van der Waals surface area contributed by atoms with E-state index in [1.165, 1.54) is 10.8 Å². The van der Waals surface area contributed by atoms with Gasteiger partial charge in [-0.15, -0.1) is 0 Å². The molecule has 0 saturated carbocycles. The number of fused-ring (bicyclic) bond motifs is 1. The van der Waals surface area contributed by atoms with Gasteiger partial charge in [0.1, 0.15) is 6.54 Å². The molecular formula is C24H22N4O3. The van der Waals surface area contributed by atoms with Crippen LogP contribution in [0.25, 0.3) is 11.0 Å². The van der Waals surface area contributed by atoms with Gasteiger partial charge < -0.3 is 5.32 Å². The summed E-state index contributed by atoms with van der Waals surface area (Å²) in [6.45, 7) is 3.80. The summed E-state index contributed by atoms with van der Waals surface area (Å²) in [5, 5.41) is 2.79. The molecule has 7 heteroatoms. The molecule has 0 unspecified atom stereocenters. The molecule has 2 heterocycles. The van der Waals surface area contributed by atoms with Crippen LogP contribution in [0, 0.1) is 13.8 Å². The summed E-state index contributed by atoms with van der Waals surface area (Å²) in [4.78, 5) is 43.0. The first-order chi connectivity index (χ1) is 14.9. The molecule has 1 amide bonds. The van der Waals surface area contributed by atoms with Crippen molar-refractivity contribution in [2.24, 2.45) is 0 Å². The molecule has 2 aromatic heterocycles. The van der Waals surface area contributed by atoms with Gasteiger partial charge in [0.05, 0.1) is 12.1 Å². The van der Waals surface area contributed by atoms with Crippen LogP contribution in [0.5, 0.6) is 0 Å². The van der Waals surface area contributed by atoms with E-state index in [1.807, 2.05) is 50.2 Å². The number of aromatic nitrogens is 3. The minimum absolute atomic E-state index is 0.101. The molecule has 0 aliphatic rings. The predicted octanol–water partition coefficient (Wildman–Crippen LogP) is 2.86. The number of nitrogens with zero attached hydrogens (tertiary/aromatic N) is 3. The van der Waals surface area contributed by atoms with E-state index in [-0.39, 0.29) is 24.5 Å². The van der Waals surface area contributed by atoms with Gasteiger partial charge in [0.25, 0.3) is 5.56 Å². The van der Waals surface area contributed by atoms with E-state index in [1.54, 1.807) is 24.3 Å². The van der Waals surface area contributed by atoms with E-state index in [0.717, 1.165) is 21.3 Å². The Morgan fingerprint density at radius 1 is 0.903 bits per heavy atom. The van der Waals surface area contributed by atoms with Crippen molar-refractivity contribution in [1.29, 1.82) is 0 Å². The van der Waals surface area contributed by atoms with Gasteiger partial charge >= 0.3 is 5.69 Å². The summed E-state index contributed by atoms with van der Waals surface area (Å²) < 4.78 is 2.42. The molecular weight excluding hydrogens is 392 g/mol. The summed E-state index contributed by atoms with van der Waals surface area (Å²) in [5.41, 5.74) is 3.07. The molecule has 156 valence electrons. The molecule has 31 heavy (non-hydrogen) atoms. The van der Waals surface area contributed by atoms with Gasteiger partial charge in [-0.25, -0.2) is 9.78 Å². The van der Waals surface area contributed by atoms with Crippen molar-refractivity contribution >= 4 is 22.6 Å². The molecule has 4 rings (SSSR count). The van der Waals surface area contributed by atoms with E-state index in [4.69, 9.17) is 0 Å². The van der Waals surface area contributed by atoms with Gasteiger partial charge in [-0.05, 0) is 43.7 Å². The number of aryl methyl sites for hydroxylation is 2. The van der Waals surface area contributed by atoms with Crippen molar-refractivity contribution in [2.45, 2.75) is 26.9 Å². The van der Waals surface area contributed by atoms with Gasteiger partial charge in [-0.3, -0.25) is 18.7 Å². The van der Waals surface area contributed by atoms with Gasteiger partial charge in [-0.1, -0.05) is 47.5 Å². The molecule has 0 aliphatic heterocycles. The molecule has 2 aromatic carbocycles. The first kappa shape index (κ1) is 20.3. The Morgan fingerprint density at radius 3 is 2.23 bits per heavy atom. The lowest BCUT2D eigenvalue weighted by Crippen LogP contribution is -2.42. The Hall–Kier alpha value is -4.00. The SMILES string of the molecule is Cc1ccc(Cn2c(=O)c3ncccc3n(CC(=O)Nc3ccc(C)cc3)c2=O)cc1. The fraction of sp³-hybridized carbons (Fsp3) is 0.167. The number of hydrogen-bond donors (Lipinski definition) is 1. The van der Waals surface area contributed by atoms with E-state index in [2.05, 4.69) is 10.3 Å². The highest BCUT2D eigenvalue weighted by Crippen LogP contribution is 2.10. The summed E-state index contributed by atoms with van der Waals surface area (Å²) in [5.74, 6) is -0.364. The van der Waals surface area contributed by atoms with E-state index in [0.29, 0.717) is 11.2 Å².